The van der Waals surface area contributed by atoms with Crippen molar-refractivity contribution in [1.29, 1.82) is 0 Å². The lowest BCUT2D eigenvalue weighted by atomic mass is 10.0. The molecule has 0 aromatic heterocycles. The van der Waals surface area contributed by atoms with Gasteiger partial charge in [0.15, 0.2) is 0 Å². The molecule has 0 radical (unpaired) electrons. The third kappa shape index (κ3) is 5.27. The van der Waals surface area contributed by atoms with Gasteiger partial charge in [0.25, 0.3) is 0 Å². The third-order valence-corrected chi connectivity index (χ3v) is 4.26. The van der Waals surface area contributed by atoms with Crippen LogP contribution in [0.3, 0.4) is 0 Å². The Balaban J connectivity index is 1.81. The first-order valence-electron chi connectivity index (χ1n) is 8.26. The van der Waals surface area contributed by atoms with Crippen molar-refractivity contribution in [2.45, 2.75) is 26.2 Å². The number of nitrogens with one attached hydrogen (secondary N) is 1. The lowest BCUT2D eigenvalue weighted by Gasteiger charge is -2.31. The number of piperidine rings is 1. The minimum absolute atomic E-state index is 0.0834. The number of hydrogen-bond acceptors (Lipinski definition) is 3. The Morgan fingerprint density at radius 3 is 2.57 bits per heavy atom. The van der Waals surface area contributed by atoms with E-state index < -0.39 is 0 Å². The second-order valence-electron chi connectivity index (χ2n) is 6.60. The molecule has 0 saturated carbocycles. The highest BCUT2D eigenvalue weighted by Gasteiger charge is 2.20. The van der Waals surface area contributed by atoms with Crippen LogP contribution >= 0.6 is 0 Å². The van der Waals surface area contributed by atoms with Crippen molar-refractivity contribution < 1.29 is 9.59 Å². The first-order valence-corrected chi connectivity index (χ1v) is 8.26. The van der Waals surface area contributed by atoms with Crippen LogP contribution in [0, 0.1) is 5.92 Å². The van der Waals surface area contributed by atoms with Crippen LogP contribution in [-0.4, -0.2) is 55.3 Å². The maximum Gasteiger partial charge on any atom is 0.241 e. The average Bonchev–Trinajstić information content (AvgIpc) is 2.53. The molecule has 1 heterocycles. The number of carbonyl (C=O) groups is 2. The number of hydrogen-bond donors (Lipinski definition) is 1. The van der Waals surface area contributed by atoms with Gasteiger partial charge in [-0.15, -0.1) is 0 Å². The number of amides is 2. The van der Waals surface area contributed by atoms with Gasteiger partial charge in [-0.1, -0.05) is 19.1 Å². The van der Waals surface area contributed by atoms with Gasteiger partial charge in [0.05, 0.1) is 13.0 Å². The molecule has 5 nitrogen and oxygen atoms in total. The van der Waals surface area contributed by atoms with Crippen molar-refractivity contribution in [3.05, 3.63) is 29.8 Å². The van der Waals surface area contributed by atoms with Crippen LogP contribution < -0.4 is 5.32 Å². The molecular formula is C18H27N3O2. The summed E-state index contributed by atoms with van der Waals surface area (Å²) < 4.78 is 0. The van der Waals surface area contributed by atoms with Crippen LogP contribution in [0.4, 0.5) is 5.69 Å². The van der Waals surface area contributed by atoms with E-state index in [0.717, 1.165) is 30.8 Å². The summed E-state index contributed by atoms with van der Waals surface area (Å²) in [4.78, 5) is 27.4. The van der Waals surface area contributed by atoms with Crippen molar-refractivity contribution >= 4 is 17.5 Å². The molecule has 1 saturated heterocycles. The van der Waals surface area contributed by atoms with E-state index in [-0.39, 0.29) is 11.8 Å². The van der Waals surface area contributed by atoms with Gasteiger partial charge in [0.1, 0.15) is 0 Å². The van der Waals surface area contributed by atoms with Crippen LogP contribution in [0.15, 0.2) is 24.3 Å². The number of nitrogens with zero attached hydrogens (tertiary/aromatic N) is 2. The summed E-state index contributed by atoms with van der Waals surface area (Å²) in [5.41, 5.74) is 1.88. The topological polar surface area (TPSA) is 52.7 Å². The molecule has 126 valence electrons. The summed E-state index contributed by atoms with van der Waals surface area (Å²) in [5, 5.41) is 3.17. The van der Waals surface area contributed by atoms with E-state index in [1.54, 1.807) is 19.0 Å². The maximum atomic E-state index is 12.2. The average molecular weight is 317 g/mol. The molecule has 1 aromatic rings. The van der Waals surface area contributed by atoms with Crippen molar-refractivity contribution in [3.8, 4) is 0 Å². The minimum atomic E-state index is 0.0834. The van der Waals surface area contributed by atoms with Crippen LogP contribution in [0.5, 0.6) is 0 Å². The van der Waals surface area contributed by atoms with E-state index in [1.165, 1.54) is 6.42 Å². The molecule has 0 aliphatic carbocycles. The molecule has 0 spiro atoms. The first kappa shape index (κ1) is 17.3. The summed E-state index contributed by atoms with van der Waals surface area (Å²) >= 11 is 0. The van der Waals surface area contributed by atoms with Crippen LogP contribution in [-0.2, 0) is 16.0 Å². The molecule has 1 fully saturated rings. The lowest BCUT2D eigenvalue weighted by molar-refractivity contribution is -0.131. The number of benzene rings is 1. The Kier molecular flexibility index (Phi) is 6.02. The second kappa shape index (κ2) is 7.99. The molecule has 1 aliphatic heterocycles. The molecule has 0 bridgehead atoms. The maximum absolute atomic E-state index is 12.2. The molecule has 5 heteroatoms. The Morgan fingerprint density at radius 1 is 1.26 bits per heavy atom. The van der Waals surface area contributed by atoms with Gasteiger partial charge < -0.3 is 15.1 Å². The van der Waals surface area contributed by atoms with Crippen molar-refractivity contribution in [1.82, 2.24) is 9.80 Å². The number of anilines is 1. The summed E-state index contributed by atoms with van der Waals surface area (Å²) in [7, 11) is 3.51. The zero-order valence-electron chi connectivity index (χ0n) is 14.3. The fourth-order valence-corrected chi connectivity index (χ4v) is 2.78. The smallest absolute Gasteiger partial charge is 0.241 e. The highest BCUT2D eigenvalue weighted by Crippen LogP contribution is 2.16. The van der Waals surface area contributed by atoms with Gasteiger partial charge in [-0.25, -0.2) is 0 Å². The van der Waals surface area contributed by atoms with E-state index in [4.69, 9.17) is 0 Å². The zero-order chi connectivity index (χ0) is 16.8. The van der Waals surface area contributed by atoms with Gasteiger partial charge in [-0.3, -0.25) is 9.59 Å². The summed E-state index contributed by atoms with van der Waals surface area (Å²) in [6.07, 6.45) is 2.71. The fourth-order valence-electron chi connectivity index (χ4n) is 2.78. The lowest BCUT2D eigenvalue weighted by Crippen LogP contribution is -2.41. The molecular weight excluding hydrogens is 290 g/mol. The molecule has 1 aromatic carbocycles. The molecule has 2 rings (SSSR count). The molecule has 2 amide bonds. The number of likely N-dealkylation sites (N-methyl/N-ethyl adjacent to an activating group) is 1. The largest absolute Gasteiger partial charge is 0.376 e. The van der Waals surface area contributed by atoms with Gasteiger partial charge in [-0.2, -0.15) is 0 Å². The van der Waals surface area contributed by atoms with Crippen molar-refractivity contribution in [2.75, 3.05) is 39.0 Å². The van der Waals surface area contributed by atoms with E-state index in [1.807, 2.05) is 29.2 Å². The highest BCUT2D eigenvalue weighted by atomic mass is 16.2. The number of likely N-dealkylation sites (tertiary alicyclic amines) is 1. The van der Waals surface area contributed by atoms with Gasteiger partial charge in [0, 0.05) is 32.9 Å². The molecule has 1 N–H and O–H groups in total. The first-order chi connectivity index (χ1) is 11.0. The quantitative estimate of drug-likeness (QED) is 0.903. The minimum Gasteiger partial charge on any atom is -0.376 e. The zero-order valence-corrected chi connectivity index (χ0v) is 14.3. The van der Waals surface area contributed by atoms with Crippen LogP contribution in [0.2, 0.25) is 0 Å². The molecule has 23 heavy (non-hydrogen) atoms. The molecule has 1 aliphatic rings. The van der Waals surface area contributed by atoms with Gasteiger partial charge >= 0.3 is 0 Å². The Bertz CT molecular complexity index is 540. The monoisotopic (exact) mass is 317 g/mol. The summed E-state index contributed by atoms with van der Waals surface area (Å²) in [6.45, 7) is 4.26. The molecule has 1 unspecified atom stereocenters. The number of rotatable bonds is 5. The van der Waals surface area contributed by atoms with E-state index >= 15 is 0 Å². The summed E-state index contributed by atoms with van der Waals surface area (Å²) in [6, 6.07) is 7.70. The van der Waals surface area contributed by atoms with Gasteiger partial charge in [-0.05, 0) is 36.5 Å². The Morgan fingerprint density at radius 2 is 1.96 bits per heavy atom. The van der Waals surface area contributed by atoms with E-state index in [2.05, 4.69) is 12.2 Å². The van der Waals surface area contributed by atoms with E-state index in [0.29, 0.717) is 18.9 Å². The van der Waals surface area contributed by atoms with Gasteiger partial charge in [0.2, 0.25) is 11.8 Å². The second-order valence-corrected chi connectivity index (χ2v) is 6.60. The Hall–Kier alpha value is -2.04. The standard InChI is InChI=1S/C18H27N3O2/c1-14-5-4-10-21(13-14)18(23)12-19-16-8-6-15(7-9-16)11-17(22)20(2)3/h6-9,14,19H,4-5,10-13H2,1-3H3. The van der Waals surface area contributed by atoms with Crippen molar-refractivity contribution in [3.63, 3.8) is 0 Å². The summed E-state index contributed by atoms with van der Waals surface area (Å²) in [5.74, 6) is 0.838. The Labute approximate surface area is 138 Å². The molecule has 1 atom stereocenters. The fraction of sp³-hybridized carbons (Fsp3) is 0.556. The SMILES string of the molecule is CC1CCCN(C(=O)CNc2ccc(CC(=O)N(C)C)cc2)C1. The highest BCUT2D eigenvalue weighted by molar-refractivity contribution is 5.81. The predicted molar refractivity (Wildman–Crippen MR) is 92.3 cm³/mol. The predicted octanol–water partition coefficient (Wildman–Crippen LogP) is 1.99. The third-order valence-electron chi connectivity index (χ3n) is 4.26. The van der Waals surface area contributed by atoms with Crippen molar-refractivity contribution in [2.24, 2.45) is 5.92 Å². The van der Waals surface area contributed by atoms with E-state index in [9.17, 15) is 9.59 Å². The number of carbonyl (C=O) groups excluding carboxylic acids is 2. The van der Waals surface area contributed by atoms with Crippen LogP contribution in [0.25, 0.3) is 0 Å². The van der Waals surface area contributed by atoms with Crippen LogP contribution in [0.1, 0.15) is 25.3 Å². The normalized spacial score (nSPS) is 17.7.